The number of halogens is 1. The summed E-state index contributed by atoms with van der Waals surface area (Å²) in [6.45, 7) is 0.619. The first kappa shape index (κ1) is 15.4. The van der Waals surface area contributed by atoms with Crippen molar-refractivity contribution in [3.63, 3.8) is 0 Å². The Kier molecular flexibility index (Phi) is 5.04. The number of nitrogens with one attached hydrogen (secondary N) is 1. The first-order valence-electron chi connectivity index (χ1n) is 8.03. The molecule has 2 aromatic carbocycles. The molecule has 1 saturated carbocycles. The van der Waals surface area contributed by atoms with E-state index in [0.29, 0.717) is 12.3 Å². The highest BCUT2D eigenvalue weighted by Crippen LogP contribution is 2.33. The molecule has 0 saturated heterocycles. The van der Waals surface area contributed by atoms with Crippen molar-refractivity contribution >= 4 is 21.6 Å². The van der Waals surface area contributed by atoms with E-state index in [4.69, 9.17) is 0 Å². The molecular weight excluding hydrogens is 338 g/mol. The fourth-order valence-corrected chi connectivity index (χ4v) is 3.61. The topological polar surface area (TPSA) is 32.3 Å². The van der Waals surface area contributed by atoms with Crippen LogP contribution in [0.15, 0.2) is 46.9 Å². The lowest BCUT2D eigenvalue weighted by Crippen LogP contribution is -2.05. The maximum atomic E-state index is 9.87. The predicted molar refractivity (Wildman–Crippen MR) is 95.4 cm³/mol. The Morgan fingerprint density at radius 3 is 2.45 bits per heavy atom. The minimum absolute atomic E-state index is 0.328. The van der Waals surface area contributed by atoms with E-state index in [1.54, 1.807) is 6.07 Å². The Morgan fingerprint density at radius 1 is 1.00 bits per heavy atom. The van der Waals surface area contributed by atoms with Crippen molar-refractivity contribution in [2.24, 2.45) is 0 Å². The van der Waals surface area contributed by atoms with Crippen LogP contribution in [-0.2, 0) is 6.54 Å². The highest BCUT2D eigenvalue weighted by molar-refractivity contribution is 9.10. The molecule has 1 aliphatic carbocycles. The molecule has 0 unspecified atom stereocenters. The number of aromatic hydroxyl groups is 1. The van der Waals surface area contributed by atoms with Gasteiger partial charge in [0.1, 0.15) is 5.75 Å². The zero-order chi connectivity index (χ0) is 15.4. The molecule has 2 nitrogen and oxygen atoms in total. The molecule has 1 fully saturated rings. The number of anilines is 1. The van der Waals surface area contributed by atoms with Gasteiger partial charge in [-0.05, 0) is 54.7 Å². The number of hydrogen-bond acceptors (Lipinski definition) is 2. The molecule has 2 aromatic rings. The van der Waals surface area contributed by atoms with Crippen molar-refractivity contribution in [3.8, 4) is 5.75 Å². The van der Waals surface area contributed by atoms with Crippen LogP contribution in [0.5, 0.6) is 5.75 Å². The third-order valence-electron chi connectivity index (χ3n) is 4.51. The minimum Gasteiger partial charge on any atom is -0.508 e. The second-order valence-corrected chi connectivity index (χ2v) is 7.00. The van der Waals surface area contributed by atoms with Crippen molar-refractivity contribution in [1.82, 2.24) is 0 Å². The summed E-state index contributed by atoms with van der Waals surface area (Å²) in [4.78, 5) is 0. The minimum atomic E-state index is 0.328. The SMILES string of the molecule is Oc1ccc(Br)cc1CNc1ccc(C2CCCCC2)cc1. The fraction of sp³-hybridized carbons (Fsp3) is 0.368. The molecule has 0 bridgehead atoms. The van der Waals surface area contributed by atoms with Gasteiger partial charge in [0.2, 0.25) is 0 Å². The highest BCUT2D eigenvalue weighted by atomic mass is 79.9. The quantitative estimate of drug-likeness (QED) is 0.721. The molecule has 0 aliphatic heterocycles. The van der Waals surface area contributed by atoms with Crippen molar-refractivity contribution in [3.05, 3.63) is 58.1 Å². The van der Waals surface area contributed by atoms with Gasteiger partial charge in [0, 0.05) is 22.3 Å². The molecule has 0 atom stereocenters. The van der Waals surface area contributed by atoms with Crippen LogP contribution in [0.4, 0.5) is 5.69 Å². The Hall–Kier alpha value is -1.48. The molecule has 22 heavy (non-hydrogen) atoms. The number of benzene rings is 2. The van der Waals surface area contributed by atoms with E-state index >= 15 is 0 Å². The third kappa shape index (κ3) is 3.83. The van der Waals surface area contributed by atoms with E-state index in [0.717, 1.165) is 21.6 Å². The number of phenols is 1. The van der Waals surface area contributed by atoms with Crippen molar-refractivity contribution in [1.29, 1.82) is 0 Å². The van der Waals surface area contributed by atoms with Gasteiger partial charge < -0.3 is 10.4 Å². The predicted octanol–water partition coefficient (Wildman–Crippen LogP) is 5.81. The number of rotatable bonds is 4. The van der Waals surface area contributed by atoms with Gasteiger partial charge in [-0.2, -0.15) is 0 Å². The van der Waals surface area contributed by atoms with Gasteiger partial charge in [-0.15, -0.1) is 0 Å². The molecule has 3 rings (SSSR count). The van der Waals surface area contributed by atoms with Gasteiger partial charge in [0.05, 0.1) is 0 Å². The summed E-state index contributed by atoms with van der Waals surface area (Å²) in [5.41, 5.74) is 3.46. The summed E-state index contributed by atoms with van der Waals surface area (Å²) in [7, 11) is 0. The lowest BCUT2D eigenvalue weighted by molar-refractivity contribution is 0.443. The Bertz CT molecular complexity index is 618. The summed E-state index contributed by atoms with van der Waals surface area (Å²) < 4.78 is 0.981. The average molecular weight is 360 g/mol. The molecular formula is C19H22BrNO. The maximum Gasteiger partial charge on any atom is 0.120 e. The Balaban J connectivity index is 1.62. The van der Waals surface area contributed by atoms with Crippen LogP contribution in [-0.4, -0.2) is 5.11 Å². The van der Waals surface area contributed by atoms with Gasteiger partial charge in [-0.25, -0.2) is 0 Å². The highest BCUT2D eigenvalue weighted by Gasteiger charge is 2.15. The fourth-order valence-electron chi connectivity index (χ4n) is 3.20. The summed E-state index contributed by atoms with van der Waals surface area (Å²) >= 11 is 3.44. The van der Waals surface area contributed by atoms with Crippen molar-refractivity contribution in [2.45, 2.75) is 44.6 Å². The molecule has 0 spiro atoms. The normalized spacial score (nSPS) is 15.7. The maximum absolute atomic E-state index is 9.87. The molecule has 0 amide bonds. The summed E-state index contributed by atoms with van der Waals surface area (Å²) in [6, 6.07) is 14.3. The Morgan fingerprint density at radius 2 is 1.73 bits per heavy atom. The van der Waals surface area contributed by atoms with Crippen molar-refractivity contribution < 1.29 is 5.11 Å². The van der Waals surface area contributed by atoms with E-state index in [1.165, 1.54) is 37.7 Å². The first-order valence-corrected chi connectivity index (χ1v) is 8.83. The van der Waals surface area contributed by atoms with E-state index in [1.807, 2.05) is 12.1 Å². The lowest BCUT2D eigenvalue weighted by atomic mass is 9.84. The van der Waals surface area contributed by atoms with E-state index < -0.39 is 0 Å². The monoisotopic (exact) mass is 359 g/mol. The smallest absolute Gasteiger partial charge is 0.120 e. The molecule has 3 heteroatoms. The van der Waals surface area contributed by atoms with Crippen LogP contribution in [0.3, 0.4) is 0 Å². The zero-order valence-electron chi connectivity index (χ0n) is 12.7. The van der Waals surface area contributed by atoms with Gasteiger partial charge in [-0.3, -0.25) is 0 Å². The summed E-state index contributed by atoms with van der Waals surface area (Å²) in [5.74, 6) is 1.08. The number of phenolic OH excluding ortho intramolecular Hbond substituents is 1. The molecule has 0 heterocycles. The summed E-state index contributed by atoms with van der Waals surface area (Å²) in [5, 5.41) is 13.2. The van der Waals surface area contributed by atoms with E-state index in [9.17, 15) is 5.11 Å². The van der Waals surface area contributed by atoms with E-state index in [-0.39, 0.29) is 0 Å². The third-order valence-corrected chi connectivity index (χ3v) is 5.01. The van der Waals surface area contributed by atoms with E-state index in [2.05, 4.69) is 45.5 Å². The molecule has 0 radical (unpaired) electrons. The molecule has 0 aromatic heterocycles. The van der Waals surface area contributed by atoms with Crippen LogP contribution in [0, 0.1) is 0 Å². The average Bonchev–Trinajstić information content (AvgIpc) is 2.57. The molecule has 1 aliphatic rings. The lowest BCUT2D eigenvalue weighted by Gasteiger charge is -2.22. The van der Waals surface area contributed by atoms with Gasteiger partial charge in [-0.1, -0.05) is 47.3 Å². The first-order chi connectivity index (χ1) is 10.7. The second-order valence-electron chi connectivity index (χ2n) is 6.08. The van der Waals surface area contributed by atoms with Crippen molar-refractivity contribution in [2.75, 3.05) is 5.32 Å². The second kappa shape index (κ2) is 7.19. The van der Waals surface area contributed by atoms with Gasteiger partial charge in [0.25, 0.3) is 0 Å². The summed E-state index contributed by atoms with van der Waals surface area (Å²) in [6.07, 6.45) is 6.79. The zero-order valence-corrected chi connectivity index (χ0v) is 14.3. The largest absolute Gasteiger partial charge is 0.508 e. The van der Waals surface area contributed by atoms with Gasteiger partial charge >= 0.3 is 0 Å². The van der Waals surface area contributed by atoms with Crippen LogP contribution in [0.1, 0.15) is 49.1 Å². The standard InChI is InChI=1S/C19H22BrNO/c20-17-8-11-19(22)16(12-17)13-21-18-9-6-15(7-10-18)14-4-2-1-3-5-14/h6-12,14,21-22H,1-5,13H2. The Labute approximate surface area is 140 Å². The van der Waals surface area contributed by atoms with Crippen LogP contribution in [0.25, 0.3) is 0 Å². The number of hydrogen-bond donors (Lipinski definition) is 2. The molecule has 116 valence electrons. The molecule has 2 N–H and O–H groups in total. The van der Waals surface area contributed by atoms with Crippen LogP contribution >= 0.6 is 15.9 Å². The van der Waals surface area contributed by atoms with Crippen LogP contribution < -0.4 is 5.32 Å². The van der Waals surface area contributed by atoms with Crippen LogP contribution in [0.2, 0.25) is 0 Å². The van der Waals surface area contributed by atoms with Gasteiger partial charge in [0.15, 0.2) is 0 Å².